The number of carboxylic acids is 1. The van der Waals surface area contributed by atoms with Gasteiger partial charge in [-0.25, -0.2) is 0 Å². The highest BCUT2D eigenvalue weighted by atomic mass is 16.4. The summed E-state index contributed by atoms with van der Waals surface area (Å²) in [5.74, 6) is -1.33. The summed E-state index contributed by atoms with van der Waals surface area (Å²) in [6.07, 6.45) is 1.34. The van der Waals surface area contributed by atoms with Crippen LogP contribution in [0.3, 0.4) is 0 Å². The number of benzene rings is 1. The number of hydrogen-bond acceptors (Lipinski definition) is 4. The molecule has 5 heteroatoms. The lowest BCUT2D eigenvalue weighted by Crippen LogP contribution is -2.04. The van der Waals surface area contributed by atoms with Gasteiger partial charge in [-0.1, -0.05) is 6.58 Å². The zero-order chi connectivity index (χ0) is 12.1. The van der Waals surface area contributed by atoms with Crippen LogP contribution in [-0.4, -0.2) is 33.5 Å². The Kier molecular flexibility index (Phi) is 3.66. The Hall–Kier alpha value is -2.30. The molecule has 84 valence electrons. The van der Waals surface area contributed by atoms with Crippen molar-refractivity contribution in [2.24, 2.45) is 4.99 Å². The number of allylic oxidation sites excluding steroid dienone is 1. The highest BCUT2D eigenvalue weighted by Crippen LogP contribution is 2.23. The number of aromatic hydroxyl groups is 2. The van der Waals surface area contributed by atoms with Crippen molar-refractivity contribution in [1.29, 1.82) is 0 Å². The minimum atomic E-state index is -1.07. The number of carbonyl (C=O) groups is 1. The Morgan fingerprint density at radius 1 is 1.44 bits per heavy atom. The summed E-state index contributed by atoms with van der Waals surface area (Å²) in [6, 6.07) is 3.96. The fraction of sp³-hybridized carbons (Fsp3) is 0.0909. The van der Waals surface area contributed by atoms with Crippen LogP contribution >= 0.6 is 0 Å². The molecule has 0 spiro atoms. The summed E-state index contributed by atoms with van der Waals surface area (Å²) in [5, 5.41) is 27.1. The van der Waals surface area contributed by atoms with E-state index in [2.05, 4.69) is 11.6 Å². The van der Waals surface area contributed by atoms with Crippen LogP contribution in [0.4, 0.5) is 0 Å². The molecule has 0 saturated carbocycles. The van der Waals surface area contributed by atoms with Gasteiger partial charge in [0, 0.05) is 11.6 Å². The van der Waals surface area contributed by atoms with Crippen LogP contribution in [0.15, 0.2) is 35.8 Å². The second kappa shape index (κ2) is 4.97. The summed E-state index contributed by atoms with van der Waals surface area (Å²) < 4.78 is 0. The van der Waals surface area contributed by atoms with Gasteiger partial charge in [0.25, 0.3) is 0 Å². The van der Waals surface area contributed by atoms with E-state index in [1.807, 2.05) is 0 Å². The molecule has 0 radical (unpaired) electrons. The van der Waals surface area contributed by atoms with E-state index < -0.39 is 12.5 Å². The first kappa shape index (κ1) is 11.8. The Bertz CT molecular complexity index is 451. The van der Waals surface area contributed by atoms with E-state index in [0.717, 1.165) is 6.07 Å². The molecule has 0 fully saturated rings. The predicted octanol–water partition coefficient (Wildman–Crippen LogP) is 1.16. The van der Waals surface area contributed by atoms with Gasteiger partial charge in [-0.2, -0.15) is 0 Å². The largest absolute Gasteiger partial charge is 0.508 e. The fourth-order valence-electron chi connectivity index (χ4n) is 1.15. The van der Waals surface area contributed by atoms with E-state index >= 15 is 0 Å². The molecule has 0 aliphatic rings. The molecule has 1 rings (SSSR count). The summed E-state index contributed by atoms with van der Waals surface area (Å²) in [4.78, 5) is 14.1. The number of aliphatic imine (C=N–C) groups is 1. The SMILES string of the molecule is C=CC(=NCC(=O)O)c1ccc(O)cc1O. The van der Waals surface area contributed by atoms with Crippen LogP contribution in [0.2, 0.25) is 0 Å². The highest BCUT2D eigenvalue weighted by molar-refractivity contribution is 6.10. The third kappa shape index (κ3) is 2.84. The molecule has 1 aromatic carbocycles. The monoisotopic (exact) mass is 221 g/mol. The number of rotatable bonds is 4. The molecule has 0 atom stereocenters. The van der Waals surface area contributed by atoms with E-state index in [-0.39, 0.29) is 17.2 Å². The van der Waals surface area contributed by atoms with Gasteiger partial charge >= 0.3 is 5.97 Å². The Labute approximate surface area is 92.0 Å². The summed E-state index contributed by atoms with van der Waals surface area (Å²) in [5.41, 5.74) is 0.592. The Balaban J connectivity index is 3.08. The van der Waals surface area contributed by atoms with Gasteiger partial charge in [-0.05, 0) is 18.2 Å². The maximum absolute atomic E-state index is 10.3. The predicted molar refractivity (Wildman–Crippen MR) is 59.0 cm³/mol. The third-order valence-corrected chi connectivity index (χ3v) is 1.84. The fourth-order valence-corrected chi connectivity index (χ4v) is 1.15. The Morgan fingerprint density at radius 3 is 2.62 bits per heavy atom. The topological polar surface area (TPSA) is 90.1 Å². The zero-order valence-corrected chi connectivity index (χ0v) is 8.42. The molecule has 0 bridgehead atoms. The zero-order valence-electron chi connectivity index (χ0n) is 8.42. The quantitative estimate of drug-likeness (QED) is 0.665. The van der Waals surface area contributed by atoms with Crippen molar-refractivity contribution in [3.8, 4) is 11.5 Å². The molecule has 0 amide bonds. The standard InChI is InChI=1S/C11H11NO4/c1-2-9(12-6-11(15)16)8-4-3-7(13)5-10(8)14/h2-5,13-14H,1,6H2,(H,15,16). The van der Waals surface area contributed by atoms with Gasteiger partial charge in [-0.3, -0.25) is 9.79 Å². The van der Waals surface area contributed by atoms with Crippen LogP contribution in [0.25, 0.3) is 0 Å². The first-order valence-corrected chi connectivity index (χ1v) is 4.45. The van der Waals surface area contributed by atoms with Crippen LogP contribution in [0.5, 0.6) is 11.5 Å². The van der Waals surface area contributed by atoms with Crippen LogP contribution in [-0.2, 0) is 4.79 Å². The van der Waals surface area contributed by atoms with Crippen molar-refractivity contribution >= 4 is 11.7 Å². The smallest absolute Gasteiger partial charge is 0.325 e. The first-order chi connectivity index (χ1) is 7.54. The van der Waals surface area contributed by atoms with Crippen molar-refractivity contribution in [2.75, 3.05) is 6.54 Å². The van der Waals surface area contributed by atoms with Crippen LogP contribution in [0.1, 0.15) is 5.56 Å². The van der Waals surface area contributed by atoms with Gasteiger partial charge in [0.2, 0.25) is 0 Å². The number of carboxylic acid groups (broad SMARTS) is 1. The van der Waals surface area contributed by atoms with E-state index in [1.165, 1.54) is 18.2 Å². The van der Waals surface area contributed by atoms with Gasteiger partial charge in [-0.15, -0.1) is 0 Å². The Morgan fingerprint density at radius 2 is 2.12 bits per heavy atom. The van der Waals surface area contributed by atoms with Crippen molar-refractivity contribution < 1.29 is 20.1 Å². The number of phenols is 2. The van der Waals surface area contributed by atoms with Crippen molar-refractivity contribution in [1.82, 2.24) is 0 Å². The van der Waals surface area contributed by atoms with Gasteiger partial charge in [0.05, 0.1) is 5.71 Å². The first-order valence-electron chi connectivity index (χ1n) is 4.45. The van der Waals surface area contributed by atoms with Gasteiger partial charge in [0.1, 0.15) is 18.0 Å². The molecule has 1 aromatic rings. The minimum Gasteiger partial charge on any atom is -0.508 e. The molecule has 3 N–H and O–H groups in total. The number of nitrogens with zero attached hydrogens (tertiary/aromatic N) is 1. The second-order valence-electron chi connectivity index (χ2n) is 3.00. The highest BCUT2D eigenvalue weighted by Gasteiger charge is 2.07. The number of phenolic OH excluding ortho intramolecular Hbond substituents is 2. The molecular weight excluding hydrogens is 210 g/mol. The third-order valence-electron chi connectivity index (χ3n) is 1.84. The molecule has 5 nitrogen and oxygen atoms in total. The maximum atomic E-state index is 10.3. The summed E-state index contributed by atoms with van der Waals surface area (Å²) in [6.45, 7) is 3.08. The molecule has 0 saturated heterocycles. The van der Waals surface area contributed by atoms with Crippen LogP contribution < -0.4 is 0 Å². The maximum Gasteiger partial charge on any atom is 0.325 e. The lowest BCUT2D eigenvalue weighted by molar-refractivity contribution is -0.135. The second-order valence-corrected chi connectivity index (χ2v) is 3.00. The average Bonchev–Trinajstić information content (AvgIpc) is 2.21. The summed E-state index contributed by atoms with van der Waals surface area (Å²) in [7, 11) is 0. The molecule has 0 unspecified atom stereocenters. The van der Waals surface area contributed by atoms with Crippen molar-refractivity contribution in [3.63, 3.8) is 0 Å². The van der Waals surface area contributed by atoms with E-state index in [9.17, 15) is 9.90 Å². The van der Waals surface area contributed by atoms with Gasteiger partial charge in [0.15, 0.2) is 0 Å². The summed E-state index contributed by atoms with van der Waals surface area (Å²) >= 11 is 0. The molecule has 0 aliphatic carbocycles. The average molecular weight is 221 g/mol. The van der Waals surface area contributed by atoms with Crippen LogP contribution in [0, 0.1) is 0 Å². The molecule has 0 heterocycles. The minimum absolute atomic E-state index is 0.0807. The lowest BCUT2D eigenvalue weighted by atomic mass is 10.1. The number of hydrogen-bond donors (Lipinski definition) is 3. The lowest BCUT2D eigenvalue weighted by Gasteiger charge is -2.04. The normalized spacial score (nSPS) is 11.1. The van der Waals surface area contributed by atoms with E-state index in [4.69, 9.17) is 10.2 Å². The van der Waals surface area contributed by atoms with E-state index in [0.29, 0.717) is 5.56 Å². The van der Waals surface area contributed by atoms with Gasteiger partial charge < -0.3 is 15.3 Å². The molecule has 0 aromatic heterocycles. The van der Waals surface area contributed by atoms with Crippen molar-refractivity contribution in [2.45, 2.75) is 0 Å². The molecular formula is C11H11NO4. The number of aliphatic carboxylic acids is 1. The van der Waals surface area contributed by atoms with Crippen molar-refractivity contribution in [3.05, 3.63) is 36.4 Å². The molecule has 16 heavy (non-hydrogen) atoms. The molecule has 0 aliphatic heterocycles. The van der Waals surface area contributed by atoms with E-state index in [1.54, 1.807) is 0 Å².